The Hall–Kier alpha value is -2.75. The van der Waals surface area contributed by atoms with Crippen LogP contribution in [0.1, 0.15) is 47.2 Å². The number of rotatable bonds is 3. The van der Waals surface area contributed by atoms with E-state index in [1.165, 1.54) is 12.1 Å². The number of carbonyl (C=O) groups excluding carboxylic acids is 1. The monoisotopic (exact) mass is 337 g/mol. The molecule has 0 bridgehead atoms. The summed E-state index contributed by atoms with van der Waals surface area (Å²) in [4.78, 5) is 17.3. The van der Waals surface area contributed by atoms with Gasteiger partial charge in [0.2, 0.25) is 0 Å². The number of allylic oxidation sites excluding steroid dienone is 1. The van der Waals surface area contributed by atoms with E-state index in [9.17, 15) is 9.18 Å². The van der Waals surface area contributed by atoms with Crippen molar-refractivity contribution in [2.24, 2.45) is 5.16 Å². The molecule has 3 rings (SSSR count). The first-order valence-electron chi connectivity index (χ1n) is 8.43. The largest absolute Gasteiger partial charge is 0.365 e. The Morgan fingerprint density at radius 3 is 2.44 bits per heavy atom. The third-order valence-electron chi connectivity index (χ3n) is 4.22. The molecular weight excluding hydrogens is 317 g/mol. The molecule has 2 aromatic rings. The zero-order valence-corrected chi connectivity index (χ0v) is 14.2. The van der Waals surface area contributed by atoms with Gasteiger partial charge in [0, 0.05) is 0 Å². The van der Waals surface area contributed by atoms with Gasteiger partial charge in [0.1, 0.15) is 5.82 Å². The van der Waals surface area contributed by atoms with Crippen molar-refractivity contribution in [3.05, 3.63) is 76.6 Å². The minimum Gasteiger partial charge on any atom is -0.313 e. The topological polar surface area (TPSA) is 38.7 Å². The first-order valence-corrected chi connectivity index (χ1v) is 8.43. The van der Waals surface area contributed by atoms with E-state index in [2.05, 4.69) is 5.16 Å². The first kappa shape index (κ1) is 17.1. The van der Waals surface area contributed by atoms with E-state index in [-0.39, 0.29) is 5.82 Å². The zero-order valence-electron chi connectivity index (χ0n) is 14.2. The molecule has 1 fully saturated rings. The molecule has 0 radical (unpaired) electrons. The third-order valence-corrected chi connectivity index (χ3v) is 4.22. The Morgan fingerprint density at radius 1 is 1.04 bits per heavy atom. The average Bonchev–Trinajstić information content (AvgIpc) is 2.63. The number of oxime groups is 1. The van der Waals surface area contributed by atoms with E-state index in [0.717, 1.165) is 48.1 Å². The van der Waals surface area contributed by atoms with Gasteiger partial charge in [-0.2, -0.15) is 0 Å². The van der Waals surface area contributed by atoms with Crippen LogP contribution in [0.4, 0.5) is 4.39 Å². The molecule has 0 spiro atoms. The van der Waals surface area contributed by atoms with E-state index in [0.29, 0.717) is 5.56 Å². The molecule has 0 atom stereocenters. The summed E-state index contributed by atoms with van der Waals surface area (Å²) >= 11 is 0. The average molecular weight is 337 g/mol. The summed E-state index contributed by atoms with van der Waals surface area (Å²) < 4.78 is 13.0. The van der Waals surface area contributed by atoms with Gasteiger partial charge in [0.05, 0.1) is 11.3 Å². The molecule has 0 saturated heterocycles. The predicted octanol–water partition coefficient (Wildman–Crippen LogP) is 5.30. The van der Waals surface area contributed by atoms with Crippen LogP contribution in [0.3, 0.4) is 0 Å². The number of hydrogen-bond donors (Lipinski definition) is 0. The second-order valence-electron chi connectivity index (χ2n) is 6.21. The summed E-state index contributed by atoms with van der Waals surface area (Å²) in [5.74, 6) is -0.717. The van der Waals surface area contributed by atoms with Crippen LogP contribution < -0.4 is 0 Å². The Bertz CT molecular complexity index is 805. The molecule has 1 saturated carbocycles. The van der Waals surface area contributed by atoms with Gasteiger partial charge in [-0.15, -0.1) is 0 Å². The molecule has 0 amide bonds. The van der Waals surface area contributed by atoms with E-state index in [1.807, 2.05) is 25.1 Å². The van der Waals surface area contributed by atoms with Gasteiger partial charge >= 0.3 is 5.97 Å². The van der Waals surface area contributed by atoms with Crippen molar-refractivity contribution in [3.8, 4) is 0 Å². The maximum absolute atomic E-state index is 13.0. The normalized spacial score (nSPS) is 17.7. The maximum Gasteiger partial charge on any atom is 0.365 e. The summed E-state index contributed by atoms with van der Waals surface area (Å²) in [6.45, 7) is 1.96. The molecule has 0 heterocycles. The van der Waals surface area contributed by atoms with E-state index >= 15 is 0 Å². The van der Waals surface area contributed by atoms with Crippen molar-refractivity contribution >= 4 is 17.8 Å². The first-order chi connectivity index (χ1) is 12.1. The number of nitrogens with zero attached hydrogens (tertiary/aromatic N) is 1. The molecule has 4 heteroatoms. The standard InChI is InChI=1S/C21H20FNO2/c1-15-6-10-17(11-7-15)21(24)25-23-20-5-3-2-4-18(20)14-16-8-12-19(22)13-9-16/h6-14H,2-5H2,1H3/b18-14+,23-20+. The zero-order chi connectivity index (χ0) is 17.6. The van der Waals surface area contributed by atoms with Crippen LogP contribution in [0.15, 0.2) is 59.3 Å². The van der Waals surface area contributed by atoms with Crippen molar-refractivity contribution < 1.29 is 14.0 Å². The Labute approximate surface area is 146 Å². The fourth-order valence-corrected chi connectivity index (χ4v) is 2.77. The smallest absolute Gasteiger partial charge is 0.313 e. The lowest BCUT2D eigenvalue weighted by atomic mass is 9.91. The van der Waals surface area contributed by atoms with Gasteiger partial charge in [0.15, 0.2) is 0 Å². The van der Waals surface area contributed by atoms with Crippen molar-refractivity contribution in [3.63, 3.8) is 0 Å². The SMILES string of the molecule is Cc1ccc(C(=O)O/N=C2\CCCC\C2=C/c2ccc(F)cc2)cc1. The number of aryl methyl sites for hydroxylation is 1. The second-order valence-corrected chi connectivity index (χ2v) is 6.21. The predicted molar refractivity (Wildman–Crippen MR) is 96.9 cm³/mol. The van der Waals surface area contributed by atoms with Gasteiger partial charge in [-0.25, -0.2) is 9.18 Å². The Balaban J connectivity index is 1.75. The highest BCUT2D eigenvalue weighted by Gasteiger charge is 2.15. The fraction of sp³-hybridized carbons (Fsp3) is 0.238. The fourth-order valence-electron chi connectivity index (χ4n) is 2.77. The van der Waals surface area contributed by atoms with E-state index in [4.69, 9.17) is 4.84 Å². The highest BCUT2D eigenvalue weighted by molar-refractivity contribution is 6.04. The number of carbonyl (C=O) groups is 1. The minimum atomic E-state index is -0.459. The molecule has 3 nitrogen and oxygen atoms in total. The maximum atomic E-state index is 13.0. The Kier molecular flexibility index (Phi) is 5.39. The van der Waals surface area contributed by atoms with Gasteiger partial charge < -0.3 is 4.84 Å². The summed E-state index contributed by atoms with van der Waals surface area (Å²) in [5.41, 5.74) is 4.30. The van der Waals surface area contributed by atoms with Gasteiger partial charge in [0.25, 0.3) is 0 Å². The summed E-state index contributed by atoms with van der Waals surface area (Å²) in [6.07, 6.45) is 5.71. The van der Waals surface area contributed by atoms with Crippen LogP contribution in [-0.2, 0) is 4.84 Å². The molecule has 25 heavy (non-hydrogen) atoms. The van der Waals surface area contributed by atoms with Gasteiger partial charge in [-0.1, -0.05) is 35.0 Å². The molecule has 0 aromatic heterocycles. The highest BCUT2D eigenvalue weighted by atomic mass is 19.1. The number of halogens is 1. The van der Waals surface area contributed by atoms with Crippen molar-refractivity contribution in [1.82, 2.24) is 0 Å². The van der Waals surface area contributed by atoms with Gasteiger partial charge in [-0.3, -0.25) is 0 Å². The van der Waals surface area contributed by atoms with Crippen LogP contribution >= 0.6 is 0 Å². The molecule has 1 aliphatic rings. The third kappa shape index (κ3) is 4.63. The van der Waals surface area contributed by atoms with Crippen molar-refractivity contribution in [2.75, 3.05) is 0 Å². The molecule has 128 valence electrons. The molecule has 2 aromatic carbocycles. The van der Waals surface area contributed by atoms with E-state index < -0.39 is 5.97 Å². The summed E-state index contributed by atoms with van der Waals surface area (Å²) in [7, 11) is 0. The van der Waals surface area contributed by atoms with Crippen LogP contribution in [0.5, 0.6) is 0 Å². The van der Waals surface area contributed by atoms with Gasteiger partial charge in [-0.05, 0) is 74.1 Å². The Morgan fingerprint density at radius 2 is 1.72 bits per heavy atom. The van der Waals surface area contributed by atoms with Crippen LogP contribution in [-0.4, -0.2) is 11.7 Å². The van der Waals surface area contributed by atoms with Crippen molar-refractivity contribution in [1.29, 1.82) is 0 Å². The van der Waals surface area contributed by atoms with Crippen LogP contribution in [0.25, 0.3) is 6.08 Å². The molecule has 1 aliphatic carbocycles. The highest BCUT2D eigenvalue weighted by Crippen LogP contribution is 2.24. The lowest BCUT2D eigenvalue weighted by molar-refractivity contribution is 0.0515. The van der Waals surface area contributed by atoms with Crippen molar-refractivity contribution in [2.45, 2.75) is 32.6 Å². The molecule has 0 aliphatic heterocycles. The quantitative estimate of drug-likeness (QED) is 0.563. The number of benzene rings is 2. The van der Waals surface area contributed by atoms with E-state index in [1.54, 1.807) is 24.3 Å². The molecule has 0 unspecified atom stereocenters. The second kappa shape index (κ2) is 7.88. The number of hydrogen-bond acceptors (Lipinski definition) is 3. The lowest BCUT2D eigenvalue weighted by Gasteiger charge is -2.16. The molecule has 0 N–H and O–H groups in total. The summed E-state index contributed by atoms with van der Waals surface area (Å²) in [6, 6.07) is 13.5. The van der Waals surface area contributed by atoms with Crippen LogP contribution in [0, 0.1) is 12.7 Å². The lowest BCUT2D eigenvalue weighted by Crippen LogP contribution is -2.11. The minimum absolute atomic E-state index is 0.258. The van der Waals surface area contributed by atoms with Crippen LogP contribution in [0.2, 0.25) is 0 Å². The molecular formula is C21H20FNO2. The summed E-state index contributed by atoms with van der Waals surface area (Å²) in [5, 5.41) is 4.10.